The Morgan fingerprint density at radius 2 is 2.05 bits per heavy atom. The molecule has 110 valence electrons. The molecule has 0 N–H and O–H groups in total. The normalized spacial score (nSPS) is 12.2. The Kier molecular flexibility index (Phi) is 3.67. The first-order valence-electron chi connectivity index (χ1n) is 6.44. The number of benzene rings is 1. The van der Waals surface area contributed by atoms with Crippen molar-refractivity contribution in [1.82, 2.24) is 15.1 Å². The van der Waals surface area contributed by atoms with Crippen LogP contribution in [-0.4, -0.2) is 15.1 Å². The van der Waals surface area contributed by atoms with Crippen LogP contribution in [0.2, 0.25) is 5.02 Å². The Hall–Kier alpha value is -1.53. The van der Waals surface area contributed by atoms with Gasteiger partial charge in [0.15, 0.2) is 11.4 Å². The quantitative estimate of drug-likeness (QED) is 0.663. The van der Waals surface area contributed by atoms with Crippen LogP contribution in [0.5, 0.6) is 0 Å². The van der Waals surface area contributed by atoms with Gasteiger partial charge in [-0.05, 0) is 18.2 Å². The van der Waals surface area contributed by atoms with Crippen LogP contribution in [0.3, 0.4) is 0 Å². The molecule has 0 aliphatic heterocycles. The highest BCUT2D eigenvalue weighted by atomic mass is 35.5. The smallest absolute Gasteiger partial charge is 0.257 e. The predicted octanol–water partition coefficient (Wildman–Crippen LogP) is 4.45. The van der Waals surface area contributed by atoms with Crippen LogP contribution in [0, 0.1) is 0 Å². The van der Waals surface area contributed by atoms with Crippen molar-refractivity contribution in [2.75, 3.05) is 0 Å². The minimum absolute atomic E-state index is 0.149. The van der Waals surface area contributed by atoms with Gasteiger partial charge in [0, 0.05) is 10.4 Å². The zero-order chi connectivity index (χ0) is 15.0. The van der Waals surface area contributed by atoms with E-state index in [1.165, 1.54) is 11.8 Å². The maximum atomic E-state index is 5.93. The summed E-state index contributed by atoms with van der Waals surface area (Å²) in [6.07, 6.45) is 0. The van der Waals surface area contributed by atoms with E-state index in [4.69, 9.17) is 20.5 Å². The van der Waals surface area contributed by atoms with Crippen LogP contribution < -0.4 is 0 Å². The molecular formula is C14H14ClN3O2S. The molecule has 0 radical (unpaired) electrons. The van der Waals surface area contributed by atoms with E-state index in [9.17, 15) is 0 Å². The molecule has 2 heterocycles. The second kappa shape index (κ2) is 5.35. The van der Waals surface area contributed by atoms with E-state index >= 15 is 0 Å². The van der Waals surface area contributed by atoms with Gasteiger partial charge in [-0.3, -0.25) is 0 Å². The Balaban J connectivity index is 1.73. The molecule has 0 bridgehead atoms. The Morgan fingerprint density at radius 3 is 2.76 bits per heavy atom. The first-order chi connectivity index (χ1) is 9.91. The van der Waals surface area contributed by atoms with Crippen LogP contribution in [0.25, 0.3) is 11.1 Å². The lowest BCUT2D eigenvalue weighted by Gasteiger charge is -2.10. The third kappa shape index (κ3) is 3.22. The number of hydrogen-bond acceptors (Lipinski definition) is 6. The lowest BCUT2D eigenvalue weighted by Crippen LogP contribution is -2.11. The molecule has 5 nitrogen and oxygen atoms in total. The number of hydrogen-bond donors (Lipinski definition) is 0. The summed E-state index contributed by atoms with van der Waals surface area (Å²) in [4.78, 5) is 8.75. The fourth-order valence-electron chi connectivity index (χ4n) is 1.68. The van der Waals surface area contributed by atoms with Crippen LogP contribution in [-0.2, 0) is 11.2 Å². The van der Waals surface area contributed by atoms with Crippen molar-refractivity contribution >= 4 is 34.5 Å². The van der Waals surface area contributed by atoms with Gasteiger partial charge in [-0.1, -0.05) is 49.3 Å². The standard InChI is InChI=1S/C14H14ClN3O2S/c1-14(2,3)12-17-11(18-20-12)7-21-13-16-9-6-8(15)4-5-10(9)19-13/h4-6H,7H2,1-3H3. The predicted molar refractivity (Wildman–Crippen MR) is 81.6 cm³/mol. The third-order valence-electron chi connectivity index (χ3n) is 2.76. The molecule has 3 rings (SSSR count). The average Bonchev–Trinajstić information content (AvgIpc) is 3.01. The molecule has 21 heavy (non-hydrogen) atoms. The van der Waals surface area contributed by atoms with Crippen LogP contribution in [0.4, 0.5) is 0 Å². The summed E-state index contributed by atoms with van der Waals surface area (Å²) < 4.78 is 10.9. The fraction of sp³-hybridized carbons (Fsp3) is 0.357. The highest BCUT2D eigenvalue weighted by molar-refractivity contribution is 7.98. The number of rotatable bonds is 3. The number of thioether (sulfide) groups is 1. The molecule has 0 spiro atoms. The maximum absolute atomic E-state index is 5.93. The molecule has 0 amide bonds. The van der Waals surface area contributed by atoms with E-state index in [1.807, 2.05) is 20.8 Å². The van der Waals surface area contributed by atoms with Gasteiger partial charge in [-0.15, -0.1) is 0 Å². The van der Waals surface area contributed by atoms with Crippen molar-refractivity contribution in [3.63, 3.8) is 0 Å². The molecule has 2 aromatic heterocycles. The molecule has 0 atom stereocenters. The second-order valence-electron chi connectivity index (χ2n) is 5.65. The molecule has 7 heteroatoms. The number of fused-ring (bicyclic) bond motifs is 1. The molecule has 0 aliphatic rings. The van der Waals surface area contributed by atoms with Crippen molar-refractivity contribution in [3.8, 4) is 0 Å². The average molecular weight is 324 g/mol. The molecule has 0 saturated carbocycles. The number of oxazole rings is 1. The lowest BCUT2D eigenvalue weighted by molar-refractivity contribution is 0.319. The maximum Gasteiger partial charge on any atom is 0.257 e. The van der Waals surface area contributed by atoms with E-state index in [-0.39, 0.29) is 5.41 Å². The third-order valence-corrected chi connectivity index (χ3v) is 3.82. The summed E-state index contributed by atoms with van der Waals surface area (Å²) in [5.41, 5.74) is 1.31. The van der Waals surface area contributed by atoms with Crippen molar-refractivity contribution in [3.05, 3.63) is 34.9 Å². The minimum atomic E-state index is -0.149. The first kappa shape index (κ1) is 14.4. The van der Waals surface area contributed by atoms with Gasteiger partial charge in [-0.2, -0.15) is 4.98 Å². The highest BCUT2D eigenvalue weighted by Crippen LogP contribution is 2.28. The summed E-state index contributed by atoms with van der Waals surface area (Å²) >= 11 is 7.35. The van der Waals surface area contributed by atoms with E-state index in [0.717, 1.165) is 5.52 Å². The zero-order valence-corrected chi connectivity index (χ0v) is 13.5. The monoisotopic (exact) mass is 323 g/mol. The van der Waals surface area contributed by atoms with Gasteiger partial charge in [0.05, 0.1) is 5.75 Å². The van der Waals surface area contributed by atoms with Crippen LogP contribution >= 0.6 is 23.4 Å². The van der Waals surface area contributed by atoms with Gasteiger partial charge in [0.25, 0.3) is 5.22 Å². The summed E-state index contributed by atoms with van der Waals surface area (Å²) in [6, 6.07) is 5.36. The lowest BCUT2D eigenvalue weighted by atomic mass is 9.97. The van der Waals surface area contributed by atoms with Gasteiger partial charge >= 0.3 is 0 Å². The summed E-state index contributed by atoms with van der Waals surface area (Å²) in [5.74, 6) is 1.80. The van der Waals surface area contributed by atoms with Gasteiger partial charge < -0.3 is 8.94 Å². The van der Waals surface area contributed by atoms with Crippen LogP contribution in [0.1, 0.15) is 32.5 Å². The van der Waals surface area contributed by atoms with Crippen molar-refractivity contribution in [2.45, 2.75) is 37.2 Å². The van der Waals surface area contributed by atoms with Crippen molar-refractivity contribution in [1.29, 1.82) is 0 Å². The highest BCUT2D eigenvalue weighted by Gasteiger charge is 2.21. The summed E-state index contributed by atoms with van der Waals surface area (Å²) in [5, 5.41) is 5.17. The van der Waals surface area contributed by atoms with Gasteiger partial charge in [0.1, 0.15) is 5.52 Å². The topological polar surface area (TPSA) is 65.0 Å². The zero-order valence-electron chi connectivity index (χ0n) is 11.9. The Labute approximate surface area is 131 Å². The summed E-state index contributed by atoms with van der Waals surface area (Å²) in [6.45, 7) is 6.09. The van der Waals surface area contributed by atoms with Crippen molar-refractivity contribution in [2.24, 2.45) is 0 Å². The molecular weight excluding hydrogens is 310 g/mol. The molecule has 0 saturated heterocycles. The first-order valence-corrected chi connectivity index (χ1v) is 7.80. The molecule has 3 aromatic rings. The summed E-state index contributed by atoms with van der Waals surface area (Å²) in [7, 11) is 0. The van der Waals surface area contributed by atoms with E-state index < -0.39 is 0 Å². The number of halogens is 1. The van der Waals surface area contributed by atoms with E-state index in [0.29, 0.717) is 33.3 Å². The molecule has 0 unspecified atom stereocenters. The van der Waals surface area contributed by atoms with E-state index in [1.54, 1.807) is 18.2 Å². The Bertz CT molecular complexity index is 776. The SMILES string of the molecule is CC(C)(C)c1nc(CSc2nc3cc(Cl)ccc3o2)no1. The molecule has 0 fully saturated rings. The van der Waals surface area contributed by atoms with Crippen LogP contribution in [0.15, 0.2) is 32.4 Å². The van der Waals surface area contributed by atoms with Crippen molar-refractivity contribution < 1.29 is 8.94 Å². The molecule has 1 aromatic carbocycles. The Morgan fingerprint density at radius 1 is 1.24 bits per heavy atom. The minimum Gasteiger partial charge on any atom is -0.431 e. The van der Waals surface area contributed by atoms with Gasteiger partial charge in [-0.25, -0.2) is 4.98 Å². The fourth-order valence-corrected chi connectivity index (χ4v) is 2.53. The number of aromatic nitrogens is 3. The van der Waals surface area contributed by atoms with E-state index in [2.05, 4.69) is 15.1 Å². The second-order valence-corrected chi connectivity index (χ2v) is 7.01. The van der Waals surface area contributed by atoms with Gasteiger partial charge in [0.2, 0.25) is 5.89 Å². The number of nitrogens with zero attached hydrogens (tertiary/aromatic N) is 3. The largest absolute Gasteiger partial charge is 0.431 e. The molecule has 0 aliphatic carbocycles.